The number of hydrogen-bond donors (Lipinski definition) is 1. The quantitative estimate of drug-likeness (QED) is 0.161. The molecule has 3 nitrogen and oxygen atoms in total. The van der Waals surface area contributed by atoms with E-state index in [-0.39, 0.29) is 12.5 Å². The number of rotatable bonds is 24. The first-order chi connectivity index (χ1) is 14.2. The molecule has 3 heteroatoms. The van der Waals surface area contributed by atoms with E-state index >= 15 is 0 Å². The first-order valence-electron chi connectivity index (χ1n) is 13.0. The number of carboxylic acids is 1. The summed E-state index contributed by atoms with van der Waals surface area (Å²) in [6, 6.07) is 0. The van der Waals surface area contributed by atoms with Gasteiger partial charge in [-0.05, 0) is 12.8 Å². The Labute approximate surface area is 182 Å². The van der Waals surface area contributed by atoms with Crippen molar-refractivity contribution in [1.82, 2.24) is 0 Å². The first-order valence-corrected chi connectivity index (χ1v) is 13.0. The Morgan fingerprint density at radius 2 is 1.00 bits per heavy atom. The van der Waals surface area contributed by atoms with Crippen LogP contribution in [0.4, 0.5) is 0 Å². The molecule has 0 aromatic rings. The standard InChI is InChI=1S/C26H52O3/c1-3-5-7-9-11-13-15-17-19-21-23-29-25(24-26(27)28)22-20-18-16-14-12-10-8-6-4-2/h25H,3-24H2,1-2H3,(H,27,28)/t25-/m1/s1. The number of aliphatic carboxylic acids is 1. The number of carboxylic acid groups (broad SMARTS) is 1. The maximum absolute atomic E-state index is 11.1. The summed E-state index contributed by atoms with van der Waals surface area (Å²) in [5, 5.41) is 9.12. The van der Waals surface area contributed by atoms with E-state index in [2.05, 4.69) is 13.8 Å². The van der Waals surface area contributed by atoms with E-state index in [9.17, 15) is 4.79 Å². The third-order valence-corrected chi connectivity index (χ3v) is 5.88. The molecule has 29 heavy (non-hydrogen) atoms. The molecule has 0 bridgehead atoms. The van der Waals surface area contributed by atoms with Gasteiger partial charge in [0.1, 0.15) is 0 Å². The molecule has 0 aliphatic carbocycles. The maximum atomic E-state index is 11.1. The fourth-order valence-electron chi connectivity index (χ4n) is 3.96. The zero-order chi connectivity index (χ0) is 21.4. The molecule has 0 spiro atoms. The van der Waals surface area contributed by atoms with Gasteiger partial charge in [0.15, 0.2) is 0 Å². The largest absolute Gasteiger partial charge is 0.481 e. The van der Waals surface area contributed by atoms with E-state index < -0.39 is 5.97 Å². The van der Waals surface area contributed by atoms with Gasteiger partial charge in [-0.15, -0.1) is 0 Å². The van der Waals surface area contributed by atoms with Crippen LogP contribution in [0.25, 0.3) is 0 Å². The molecule has 0 aliphatic rings. The van der Waals surface area contributed by atoms with E-state index in [0.29, 0.717) is 0 Å². The Kier molecular flexibility index (Phi) is 23.2. The van der Waals surface area contributed by atoms with Crippen LogP contribution in [0.2, 0.25) is 0 Å². The van der Waals surface area contributed by atoms with Crippen molar-refractivity contribution in [1.29, 1.82) is 0 Å². The lowest BCUT2D eigenvalue weighted by Gasteiger charge is -2.16. The molecule has 0 saturated carbocycles. The van der Waals surface area contributed by atoms with Gasteiger partial charge in [0.05, 0.1) is 12.5 Å². The highest BCUT2D eigenvalue weighted by molar-refractivity contribution is 5.67. The van der Waals surface area contributed by atoms with Crippen LogP contribution < -0.4 is 0 Å². The third kappa shape index (κ3) is 23.6. The topological polar surface area (TPSA) is 46.5 Å². The Bertz CT molecular complexity index is 330. The van der Waals surface area contributed by atoms with Gasteiger partial charge in [0.25, 0.3) is 0 Å². The monoisotopic (exact) mass is 412 g/mol. The van der Waals surface area contributed by atoms with Crippen LogP contribution in [-0.4, -0.2) is 23.8 Å². The van der Waals surface area contributed by atoms with Crippen LogP contribution >= 0.6 is 0 Å². The molecule has 0 fully saturated rings. The summed E-state index contributed by atoms with van der Waals surface area (Å²) in [6.45, 7) is 5.25. The molecule has 0 rings (SSSR count). The molecule has 0 saturated heterocycles. The van der Waals surface area contributed by atoms with Gasteiger partial charge in [-0.25, -0.2) is 0 Å². The van der Waals surface area contributed by atoms with Crippen LogP contribution in [-0.2, 0) is 9.53 Å². The molecular formula is C26H52O3. The Morgan fingerprint density at radius 3 is 1.41 bits per heavy atom. The lowest BCUT2D eigenvalue weighted by Crippen LogP contribution is -2.18. The van der Waals surface area contributed by atoms with Crippen LogP contribution in [0, 0.1) is 0 Å². The van der Waals surface area contributed by atoms with Crippen molar-refractivity contribution < 1.29 is 14.6 Å². The molecule has 0 aliphatic heterocycles. The van der Waals surface area contributed by atoms with Crippen molar-refractivity contribution in [2.45, 2.75) is 155 Å². The molecule has 174 valence electrons. The van der Waals surface area contributed by atoms with Crippen LogP contribution in [0.15, 0.2) is 0 Å². The lowest BCUT2D eigenvalue weighted by molar-refractivity contribution is -0.140. The summed E-state index contributed by atoms with van der Waals surface area (Å²) in [4.78, 5) is 11.1. The minimum absolute atomic E-state index is 0.0874. The molecule has 1 atom stereocenters. The maximum Gasteiger partial charge on any atom is 0.305 e. The van der Waals surface area contributed by atoms with Crippen LogP contribution in [0.5, 0.6) is 0 Å². The second-order valence-electron chi connectivity index (χ2n) is 8.89. The van der Waals surface area contributed by atoms with Crippen LogP contribution in [0.3, 0.4) is 0 Å². The average molecular weight is 413 g/mol. The second-order valence-corrected chi connectivity index (χ2v) is 8.89. The Morgan fingerprint density at radius 1 is 0.621 bits per heavy atom. The summed E-state index contributed by atoms with van der Waals surface area (Å²) >= 11 is 0. The van der Waals surface area contributed by atoms with E-state index in [0.717, 1.165) is 25.9 Å². The predicted molar refractivity (Wildman–Crippen MR) is 126 cm³/mol. The van der Waals surface area contributed by atoms with Gasteiger partial charge in [0, 0.05) is 6.61 Å². The number of unbranched alkanes of at least 4 members (excludes halogenated alkanes) is 17. The van der Waals surface area contributed by atoms with E-state index in [4.69, 9.17) is 9.84 Å². The Hall–Kier alpha value is -0.570. The minimum Gasteiger partial charge on any atom is -0.481 e. The molecule has 0 radical (unpaired) electrons. The third-order valence-electron chi connectivity index (χ3n) is 5.88. The smallest absolute Gasteiger partial charge is 0.305 e. The van der Waals surface area contributed by atoms with Crippen molar-refractivity contribution >= 4 is 5.97 Å². The van der Waals surface area contributed by atoms with Crippen molar-refractivity contribution in [3.63, 3.8) is 0 Å². The fraction of sp³-hybridized carbons (Fsp3) is 0.962. The highest BCUT2D eigenvalue weighted by atomic mass is 16.5. The van der Waals surface area contributed by atoms with Gasteiger partial charge in [-0.1, -0.05) is 129 Å². The highest BCUT2D eigenvalue weighted by Gasteiger charge is 2.13. The van der Waals surface area contributed by atoms with Crippen molar-refractivity contribution in [2.24, 2.45) is 0 Å². The fourth-order valence-corrected chi connectivity index (χ4v) is 3.96. The lowest BCUT2D eigenvalue weighted by atomic mass is 10.0. The summed E-state index contributed by atoms with van der Waals surface area (Å²) < 4.78 is 5.92. The van der Waals surface area contributed by atoms with Crippen LogP contribution in [0.1, 0.15) is 149 Å². The zero-order valence-corrected chi connectivity index (χ0v) is 19.9. The molecule has 0 aromatic carbocycles. The normalized spacial score (nSPS) is 12.3. The van der Waals surface area contributed by atoms with Gasteiger partial charge in [-0.2, -0.15) is 0 Å². The summed E-state index contributed by atoms with van der Waals surface area (Å²) in [5.74, 6) is -0.728. The first kappa shape index (κ1) is 28.4. The number of ether oxygens (including phenoxy) is 1. The minimum atomic E-state index is -0.728. The van der Waals surface area contributed by atoms with Gasteiger partial charge < -0.3 is 9.84 Å². The molecule has 0 amide bonds. The van der Waals surface area contributed by atoms with Gasteiger partial charge in [0.2, 0.25) is 0 Å². The summed E-state index contributed by atoms with van der Waals surface area (Å²) in [5.41, 5.74) is 0. The van der Waals surface area contributed by atoms with E-state index in [1.54, 1.807) is 0 Å². The molecule has 0 unspecified atom stereocenters. The SMILES string of the molecule is CCCCCCCCCCCCO[C@H](CCCCCCCCCCC)CC(=O)O. The zero-order valence-electron chi connectivity index (χ0n) is 19.9. The van der Waals surface area contributed by atoms with Crippen molar-refractivity contribution in [3.05, 3.63) is 0 Å². The molecular weight excluding hydrogens is 360 g/mol. The number of carbonyl (C=O) groups is 1. The second kappa shape index (κ2) is 23.7. The molecule has 0 heterocycles. The Balaban J connectivity index is 3.55. The van der Waals surface area contributed by atoms with E-state index in [1.165, 1.54) is 109 Å². The van der Waals surface area contributed by atoms with E-state index in [1.807, 2.05) is 0 Å². The van der Waals surface area contributed by atoms with Gasteiger partial charge in [-0.3, -0.25) is 4.79 Å². The number of hydrogen-bond acceptors (Lipinski definition) is 2. The molecule has 0 aromatic heterocycles. The summed E-state index contributed by atoms with van der Waals surface area (Å²) in [7, 11) is 0. The highest BCUT2D eigenvalue weighted by Crippen LogP contribution is 2.15. The van der Waals surface area contributed by atoms with Gasteiger partial charge >= 0.3 is 5.97 Å². The molecule has 1 N–H and O–H groups in total. The summed E-state index contributed by atoms with van der Waals surface area (Å²) in [6.07, 6.45) is 25.8. The average Bonchev–Trinajstić information content (AvgIpc) is 2.70. The van der Waals surface area contributed by atoms with Crippen molar-refractivity contribution in [2.75, 3.05) is 6.61 Å². The van der Waals surface area contributed by atoms with Crippen molar-refractivity contribution in [3.8, 4) is 0 Å². The predicted octanol–water partition coefficient (Wildman–Crippen LogP) is 8.69.